The minimum absolute atomic E-state index is 0.0219. The van der Waals surface area contributed by atoms with Crippen LogP contribution in [-0.4, -0.2) is 58.3 Å². The molecule has 4 rings (SSSR count). The molecule has 1 aliphatic carbocycles. The van der Waals surface area contributed by atoms with E-state index in [2.05, 4.69) is 5.32 Å². The van der Waals surface area contributed by atoms with Gasteiger partial charge in [-0.3, -0.25) is 9.69 Å². The van der Waals surface area contributed by atoms with Crippen LogP contribution in [0.15, 0.2) is 72.8 Å². The summed E-state index contributed by atoms with van der Waals surface area (Å²) in [4.78, 5) is 26.2. The number of nitrogens with one attached hydrogen (secondary N) is 1. The van der Waals surface area contributed by atoms with Crippen LogP contribution in [0.1, 0.15) is 32.7 Å². The summed E-state index contributed by atoms with van der Waals surface area (Å²) in [7, 11) is 1.77. The first-order chi connectivity index (χ1) is 17.2. The molecule has 0 bridgehead atoms. The number of rotatable bonds is 8. The zero-order valence-corrected chi connectivity index (χ0v) is 19.5. The van der Waals surface area contributed by atoms with Gasteiger partial charge in [-0.15, -0.1) is 0 Å². The van der Waals surface area contributed by atoms with Gasteiger partial charge in [0.25, 0.3) is 5.91 Å². The predicted molar refractivity (Wildman–Crippen MR) is 128 cm³/mol. The third kappa shape index (κ3) is 5.87. The standard InChI is InChI=1S/C27H26F2N2O5/c1-31(15-16-8-10-19(28)11-9-16)24-22(30-26(33)17-4-2-5-18(12-17)27(34)35)14-23(25(24)32)36-21-7-3-6-20(29)13-21/h2-13,22-25,32H,14-15H2,1H3,(H,30,33)(H,34,35)/t22-,23-,24+,25+/m1/s1. The summed E-state index contributed by atoms with van der Waals surface area (Å²) >= 11 is 0. The van der Waals surface area contributed by atoms with Gasteiger partial charge in [0, 0.05) is 24.6 Å². The molecule has 4 atom stereocenters. The molecule has 7 nitrogen and oxygen atoms in total. The number of carboxylic acid groups (broad SMARTS) is 1. The van der Waals surface area contributed by atoms with Crippen LogP contribution in [0, 0.1) is 11.6 Å². The normalized spacial score (nSPS) is 21.4. The van der Waals surface area contributed by atoms with E-state index in [1.807, 2.05) is 4.90 Å². The number of likely N-dealkylation sites (N-methyl/N-ethyl adjacent to an activating group) is 1. The van der Waals surface area contributed by atoms with Crippen molar-refractivity contribution in [1.82, 2.24) is 10.2 Å². The second kappa shape index (κ2) is 10.8. The van der Waals surface area contributed by atoms with Gasteiger partial charge >= 0.3 is 5.97 Å². The number of nitrogens with zero attached hydrogens (tertiary/aromatic N) is 1. The van der Waals surface area contributed by atoms with Crippen LogP contribution >= 0.6 is 0 Å². The zero-order chi connectivity index (χ0) is 25.8. The fraction of sp³-hybridized carbons (Fsp3) is 0.259. The van der Waals surface area contributed by atoms with Gasteiger partial charge in [0.2, 0.25) is 0 Å². The average Bonchev–Trinajstić information content (AvgIpc) is 3.14. The summed E-state index contributed by atoms with van der Waals surface area (Å²) in [6.45, 7) is 0.357. The molecule has 0 aromatic heterocycles. The van der Waals surface area contributed by atoms with Gasteiger partial charge in [-0.1, -0.05) is 24.3 Å². The van der Waals surface area contributed by atoms with Crippen LogP contribution in [0.3, 0.4) is 0 Å². The fourth-order valence-corrected chi connectivity index (χ4v) is 4.56. The highest BCUT2D eigenvalue weighted by Gasteiger charge is 2.46. The number of amides is 1. The molecule has 188 valence electrons. The number of halogens is 2. The van der Waals surface area contributed by atoms with Crippen LogP contribution < -0.4 is 10.1 Å². The average molecular weight is 497 g/mol. The molecular weight excluding hydrogens is 470 g/mol. The van der Waals surface area contributed by atoms with E-state index in [0.717, 1.165) is 5.56 Å². The topological polar surface area (TPSA) is 99.1 Å². The Morgan fingerprint density at radius 3 is 2.39 bits per heavy atom. The first-order valence-corrected chi connectivity index (χ1v) is 11.4. The van der Waals surface area contributed by atoms with Crippen molar-refractivity contribution in [2.24, 2.45) is 0 Å². The lowest BCUT2D eigenvalue weighted by molar-refractivity contribution is 0.0124. The lowest BCUT2D eigenvalue weighted by Crippen LogP contribution is -2.51. The quantitative estimate of drug-likeness (QED) is 0.442. The molecule has 9 heteroatoms. The van der Waals surface area contributed by atoms with Crippen molar-refractivity contribution in [3.8, 4) is 5.75 Å². The highest BCUT2D eigenvalue weighted by molar-refractivity contribution is 5.97. The predicted octanol–water partition coefficient (Wildman–Crippen LogP) is 3.47. The van der Waals surface area contributed by atoms with E-state index in [0.29, 0.717) is 6.54 Å². The maximum atomic E-state index is 13.7. The van der Waals surface area contributed by atoms with Gasteiger partial charge in [0.05, 0.1) is 17.6 Å². The number of carboxylic acids is 1. The number of ether oxygens (including phenoxy) is 1. The van der Waals surface area contributed by atoms with Gasteiger partial charge in [0.15, 0.2) is 0 Å². The summed E-state index contributed by atoms with van der Waals surface area (Å²) < 4.78 is 32.9. The summed E-state index contributed by atoms with van der Waals surface area (Å²) in [5.74, 6) is -2.24. The molecule has 1 amide bonds. The minimum Gasteiger partial charge on any atom is -0.487 e. The van der Waals surface area contributed by atoms with Crippen LogP contribution in [0.2, 0.25) is 0 Å². The maximum Gasteiger partial charge on any atom is 0.335 e. The van der Waals surface area contributed by atoms with Crippen molar-refractivity contribution in [3.63, 3.8) is 0 Å². The molecule has 1 fully saturated rings. The van der Waals surface area contributed by atoms with Crippen LogP contribution in [0.4, 0.5) is 8.78 Å². The van der Waals surface area contributed by atoms with Gasteiger partial charge in [-0.2, -0.15) is 0 Å². The number of hydrogen-bond acceptors (Lipinski definition) is 5. The van der Waals surface area contributed by atoms with E-state index in [9.17, 15) is 28.6 Å². The first kappa shape index (κ1) is 25.3. The third-order valence-corrected chi connectivity index (χ3v) is 6.26. The number of carbonyl (C=O) groups is 2. The molecule has 1 aliphatic rings. The summed E-state index contributed by atoms with van der Waals surface area (Å²) in [5.41, 5.74) is 0.949. The Kier molecular flexibility index (Phi) is 7.61. The Hall–Kier alpha value is -3.82. The molecule has 1 saturated carbocycles. The molecule has 0 spiro atoms. The number of benzene rings is 3. The summed E-state index contributed by atoms with van der Waals surface area (Å²) in [6, 6.07) is 16.0. The van der Waals surface area contributed by atoms with Gasteiger partial charge in [-0.25, -0.2) is 13.6 Å². The first-order valence-electron chi connectivity index (χ1n) is 11.4. The molecule has 36 heavy (non-hydrogen) atoms. The highest BCUT2D eigenvalue weighted by Crippen LogP contribution is 2.30. The Morgan fingerprint density at radius 2 is 1.69 bits per heavy atom. The maximum absolute atomic E-state index is 13.7. The third-order valence-electron chi connectivity index (χ3n) is 6.26. The molecule has 0 radical (unpaired) electrons. The molecule has 3 N–H and O–H groups in total. The van der Waals surface area contributed by atoms with Crippen LogP contribution in [0.5, 0.6) is 5.75 Å². The SMILES string of the molecule is CN(Cc1ccc(F)cc1)[C@@H]1[C@@H](O)[C@H](Oc2cccc(F)c2)C[C@H]1NC(=O)c1cccc(C(=O)O)c1. The van der Waals surface area contributed by atoms with E-state index >= 15 is 0 Å². The molecule has 0 aliphatic heterocycles. The summed E-state index contributed by atoms with van der Waals surface area (Å²) in [6.07, 6.45) is -1.57. The van der Waals surface area contributed by atoms with Crippen molar-refractivity contribution < 1.29 is 33.3 Å². The van der Waals surface area contributed by atoms with Gasteiger partial charge in [0.1, 0.15) is 29.6 Å². The number of aromatic carboxylic acids is 1. The molecule has 0 unspecified atom stereocenters. The Balaban J connectivity index is 1.56. The Labute approximate surface area is 206 Å². The lowest BCUT2D eigenvalue weighted by Gasteiger charge is -2.32. The fourth-order valence-electron chi connectivity index (χ4n) is 4.56. The lowest BCUT2D eigenvalue weighted by atomic mass is 10.1. The largest absolute Gasteiger partial charge is 0.487 e. The number of aliphatic hydroxyl groups excluding tert-OH is 1. The number of carbonyl (C=O) groups excluding carboxylic acids is 1. The molecular formula is C27H26F2N2O5. The molecule has 3 aromatic carbocycles. The Bertz CT molecular complexity index is 1240. The van der Waals surface area contributed by atoms with Crippen molar-refractivity contribution >= 4 is 11.9 Å². The van der Waals surface area contributed by atoms with E-state index < -0.39 is 42.0 Å². The minimum atomic E-state index is -1.15. The highest BCUT2D eigenvalue weighted by atomic mass is 19.1. The van der Waals surface area contributed by atoms with Crippen LogP contribution in [0.25, 0.3) is 0 Å². The molecule has 0 heterocycles. The monoisotopic (exact) mass is 496 g/mol. The van der Waals surface area contributed by atoms with E-state index in [-0.39, 0.29) is 29.1 Å². The second-order valence-corrected chi connectivity index (χ2v) is 8.84. The van der Waals surface area contributed by atoms with Gasteiger partial charge < -0.3 is 20.3 Å². The van der Waals surface area contributed by atoms with Crippen molar-refractivity contribution in [2.75, 3.05) is 7.05 Å². The smallest absolute Gasteiger partial charge is 0.335 e. The van der Waals surface area contributed by atoms with E-state index in [4.69, 9.17) is 4.74 Å². The van der Waals surface area contributed by atoms with Crippen molar-refractivity contribution in [1.29, 1.82) is 0 Å². The van der Waals surface area contributed by atoms with Gasteiger partial charge in [-0.05, 0) is 55.1 Å². The second-order valence-electron chi connectivity index (χ2n) is 8.84. The Morgan fingerprint density at radius 1 is 1.00 bits per heavy atom. The van der Waals surface area contributed by atoms with Crippen molar-refractivity contribution in [3.05, 3.63) is 101 Å². The summed E-state index contributed by atoms with van der Waals surface area (Å²) in [5, 5.41) is 23.3. The zero-order valence-electron chi connectivity index (χ0n) is 19.5. The van der Waals surface area contributed by atoms with Crippen LogP contribution in [-0.2, 0) is 6.54 Å². The van der Waals surface area contributed by atoms with E-state index in [1.165, 1.54) is 54.6 Å². The molecule has 0 saturated heterocycles. The van der Waals surface area contributed by atoms with E-state index in [1.54, 1.807) is 25.2 Å². The molecule has 3 aromatic rings. The number of aliphatic hydroxyl groups is 1. The number of hydrogen-bond donors (Lipinski definition) is 3. The van der Waals surface area contributed by atoms with Crippen molar-refractivity contribution in [2.45, 2.75) is 37.3 Å².